The Hall–Kier alpha value is -3.54. The number of nitrogens with zero attached hydrogens (tertiary/aromatic N) is 2. The topological polar surface area (TPSA) is 79.2 Å². The first kappa shape index (κ1) is 18.3. The maximum Gasteiger partial charge on any atom is 0.134 e. The van der Waals surface area contributed by atoms with Crippen LogP contribution in [0, 0.1) is 0 Å². The molecule has 0 saturated carbocycles. The minimum atomic E-state index is -1.29. The lowest BCUT2D eigenvalue weighted by molar-refractivity contribution is -0.251. The molecule has 3 rings (SSSR count). The van der Waals surface area contributed by atoms with Crippen molar-refractivity contribution >= 4 is 11.7 Å². The first-order chi connectivity index (χ1) is 13.0. The predicted molar refractivity (Wildman–Crippen MR) is 102 cm³/mol. The van der Waals surface area contributed by atoms with Crippen molar-refractivity contribution in [1.29, 1.82) is 0 Å². The van der Waals surface area contributed by atoms with E-state index < -0.39 is 6.09 Å². The monoisotopic (exact) mass is 362 g/mol. The molecule has 0 bridgehead atoms. The van der Waals surface area contributed by atoms with Gasteiger partial charge in [0.05, 0.1) is 24.2 Å². The smallest absolute Gasteiger partial charge is 0.134 e. The summed E-state index contributed by atoms with van der Waals surface area (Å²) in [7, 11) is 1.63. The van der Waals surface area contributed by atoms with E-state index in [2.05, 4.69) is 17.0 Å². The molecule has 3 aromatic rings. The fourth-order valence-electron chi connectivity index (χ4n) is 2.68. The van der Waals surface area contributed by atoms with Crippen LogP contribution >= 0.6 is 0 Å². The van der Waals surface area contributed by atoms with Gasteiger partial charge in [-0.25, -0.2) is 4.68 Å². The summed E-state index contributed by atoms with van der Waals surface area (Å²) < 4.78 is 7.08. The Bertz CT molecular complexity index is 957. The number of benzene rings is 2. The van der Waals surface area contributed by atoms with Crippen LogP contribution in [0.4, 0.5) is 4.79 Å². The number of carbonyl (C=O) groups excluding carboxylic acids is 1. The van der Waals surface area contributed by atoms with E-state index in [0.29, 0.717) is 0 Å². The molecule has 138 valence electrons. The highest BCUT2D eigenvalue weighted by molar-refractivity contribution is 5.69. The van der Waals surface area contributed by atoms with Gasteiger partial charge in [-0.3, -0.25) is 0 Å². The van der Waals surface area contributed by atoms with Gasteiger partial charge in [0.2, 0.25) is 0 Å². The molecule has 6 heteroatoms. The molecule has 0 atom stereocenters. The third kappa shape index (κ3) is 4.17. The standard InChI is InChI=1S/C21H21N3O3/c1-14(2)19-12-20(16-6-4-15(5-7-16)13-22-21(25)26)24(23-19)17-8-10-18(27-3)11-9-17/h4-12,22H,1,13H2,2-3H3,(H,25,26)/p-1. The molecular formula is C21H20N3O3-. The highest BCUT2D eigenvalue weighted by Gasteiger charge is 2.12. The van der Waals surface area contributed by atoms with Crippen LogP contribution in [0.3, 0.4) is 0 Å². The fourth-order valence-corrected chi connectivity index (χ4v) is 2.68. The van der Waals surface area contributed by atoms with E-state index in [1.165, 1.54) is 0 Å². The summed E-state index contributed by atoms with van der Waals surface area (Å²) in [6, 6.07) is 17.3. The average Bonchev–Trinajstić information content (AvgIpc) is 3.12. The molecule has 1 heterocycles. The van der Waals surface area contributed by atoms with Crippen molar-refractivity contribution in [2.24, 2.45) is 0 Å². The second kappa shape index (κ2) is 7.78. The zero-order chi connectivity index (χ0) is 19.4. The highest BCUT2D eigenvalue weighted by atomic mass is 16.5. The molecular weight excluding hydrogens is 342 g/mol. The molecule has 1 amide bonds. The van der Waals surface area contributed by atoms with Crippen molar-refractivity contribution in [3.8, 4) is 22.7 Å². The van der Waals surface area contributed by atoms with Gasteiger partial charge in [-0.15, -0.1) is 0 Å². The summed E-state index contributed by atoms with van der Waals surface area (Å²) in [6.45, 7) is 6.11. The number of hydrogen-bond donors (Lipinski definition) is 1. The van der Waals surface area contributed by atoms with Crippen LogP contribution in [-0.4, -0.2) is 23.0 Å². The molecule has 0 radical (unpaired) electrons. The number of carboxylic acid groups (broad SMARTS) is 1. The number of aromatic nitrogens is 2. The van der Waals surface area contributed by atoms with Crippen LogP contribution in [0.2, 0.25) is 0 Å². The van der Waals surface area contributed by atoms with Crippen LogP contribution in [-0.2, 0) is 6.54 Å². The Morgan fingerprint density at radius 1 is 1.19 bits per heavy atom. The van der Waals surface area contributed by atoms with Crippen LogP contribution < -0.4 is 15.2 Å². The molecule has 2 aromatic carbocycles. The summed E-state index contributed by atoms with van der Waals surface area (Å²) in [5.41, 5.74) is 5.31. The summed E-state index contributed by atoms with van der Waals surface area (Å²) in [6.07, 6.45) is -1.29. The number of methoxy groups -OCH3 is 1. The Kier molecular flexibility index (Phi) is 5.26. The van der Waals surface area contributed by atoms with Crippen LogP contribution in [0.25, 0.3) is 22.5 Å². The third-order valence-corrected chi connectivity index (χ3v) is 4.15. The Labute approximate surface area is 157 Å². The number of amides is 1. The van der Waals surface area contributed by atoms with Gasteiger partial charge in [0.15, 0.2) is 0 Å². The maximum atomic E-state index is 10.5. The Morgan fingerprint density at radius 2 is 1.85 bits per heavy atom. The van der Waals surface area contributed by atoms with Crippen molar-refractivity contribution in [2.75, 3.05) is 7.11 Å². The zero-order valence-corrected chi connectivity index (χ0v) is 15.2. The third-order valence-electron chi connectivity index (χ3n) is 4.15. The lowest BCUT2D eigenvalue weighted by Crippen LogP contribution is -2.35. The molecule has 0 aliphatic carbocycles. The van der Waals surface area contributed by atoms with Crippen molar-refractivity contribution < 1.29 is 14.6 Å². The predicted octanol–water partition coefficient (Wildman–Crippen LogP) is 3.01. The van der Waals surface area contributed by atoms with E-state index >= 15 is 0 Å². The summed E-state index contributed by atoms with van der Waals surface area (Å²) in [4.78, 5) is 10.5. The number of hydrogen-bond acceptors (Lipinski definition) is 4. The van der Waals surface area contributed by atoms with E-state index in [1.54, 1.807) is 7.11 Å². The molecule has 0 aliphatic rings. The first-order valence-electron chi connectivity index (χ1n) is 8.42. The minimum Gasteiger partial charge on any atom is -0.530 e. The SMILES string of the molecule is C=C(C)c1cc(-c2ccc(CNC(=O)[O-])cc2)n(-c2ccc(OC)cc2)n1. The van der Waals surface area contributed by atoms with E-state index in [0.717, 1.165) is 39.5 Å². The van der Waals surface area contributed by atoms with E-state index in [4.69, 9.17) is 4.74 Å². The van der Waals surface area contributed by atoms with Gasteiger partial charge in [0.25, 0.3) is 0 Å². The number of ether oxygens (including phenoxy) is 1. The van der Waals surface area contributed by atoms with Gasteiger partial charge < -0.3 is 20.0 Å². The number of rotatable bonds is 6. The lowest BCUT2D eigenvalue weighted by atomic mass is 10.1. The second-order valence-corrected chi connectivity index (χ2v) is 6.14. The van der Waals surface area contributed by atoms with E-state index in [-0.39, 0.29) is 6.54 Å². The average molecular weight is 362 g/mol. The fraction of sp³-hybridized carbons (Fsp3) is 0.143. The summed E-state index contributed by atoms with van der Waals surface area (Å²) in [5, 5.41) is 17.4. The molecule has 1 aromatic heterocycles. The minimum absolute atomic E-state index is 0.206. The number of nitrogens with one attached hydrogen (secondary N) is 1. The second-order valence-electron chi connectivity index (χ2n) is 6.14. The Morgan fingerprint density at radius 3 is 2.41 bits per heavy atom. The zero-order valence-electron chi connectivity index (χ0n) is 15.2. The molecule has 0 saturated heterocycles. The molecule has 6 nitrogen and oxygen atoms in total. The lowest BCUT2D eigenvalue weighted by Gasteiger charge is -2.10. The quantitative estimate of drug-likeness (QED) is 0.731. The molecule has 0 unspecified atom stereocenters. The van der Waals surface area contributed by atoms with Crippen LogP contribution in [0.1, 0.15) is 18.2 Å². The largest absolute Gasteiger partial charge is 0.530 e. The molecule has 0 fully saturated rings. The summed E-state index contributed by atoms with van der Waals surface area (Å²) in [5.74, 6) is 0.775. The van der Waals surface area contributed by atoms with Crippen molar-refractivity contribution in [2.45, 2.75) is 13.5 Å². The van der Waals surface area contributed by atoms with E-state index in [1.807, 2.05) is 66.2 Å². The van der Waals surface area contributed by atoms with E-state index in [9.17, 15) is 9.90 Å². The maximum absolute atomic E-state index is 10.5. The number of carbonyl (C=O) groups is 1. The van der Waals surface area contributed by atoms with Gasteiger partial charge >= 0.3 is 0 Å². The van der Waals surface area contributed by atoms with Gasteiger partial charge in [-0.05, 0) is 48.4 Å². The number of allylic oxidation sites excluding steroid dienone is 1. The molecule has 0 aliphatic heterocycles. The van der Waals surface area contributed by atoms with Gasteiger partial charge in [0, 0.05) is 12.1 Å². The van der Waals surface area contributed by atoms with Crippen molar-refractivity contribution in [3.05, 3.63) is 72.4 Å². The van der Waals surface area contributed by atoms with Gasteiger partial charge in [0.1, 0.15) is 11.8 Å². The van der Waals surface area contributed by atoms with Gasteiger partial charge in [-0.1, -0.05) is 30.8 Å². The highest BCUT2D eigenvalue weighted by Crippen LogP contribution is 2.27. The van der Waals surface area contributed by atoms with Gasteiger partial charge in [-0.2, -0.15) is 5.10 Å². The Balaban J connectivity index is 1.98. The normalized spacial score (nSPS) is 10.4. The molecule has 0 spiro atoms. The van der Waals surface area contributed by atoms with Crippen LogP contribution in [0.5, 0.6) is 5.75 Å². The first-order valence-corrected chi connectivity index (χ1v) is 8.42. The molecule has 27 heavy (non-hydrogen) atoms. The van der Waals surface area contributed by atoms with Crippen LogP contribution in [0.15, 0.2) is 61.2 Å². The summed E-state index contributed by atoms with van der Waals surface area (Å²) >= 11 is 0. The van der Waals surface area contributed by atoms with Crippen molar-refractivity contribution in [1.82, 2.24) is 15.1 Å². The van der Waals surface area contributed by atoms with Crippen molar-refractivity contribution in [3.63, 3.8) is 0 Å². The molecule has 1 N–H and O–H groups in total.